The molecule has 2 heterocycles. The molecule has 2 aliphatic rings. The van der Waals surface area contributed by atoms with Crippen molar-refractivity contribution in [1.82, 2.24) is 9.80 Å². The second-order valence-electron chi connectivity index (χ2n) is 7.78. The Balaban J connectivity index is 1.52. The molecule has 0 atom stereocenters. The van der Waals surface area contributed by atoms with Crippen molar-refractivity contribution in [1.29, 1.82) is 0 Å². The van der Waals surface area contributed by atoms with Crippen LogP contribution in [0.25, 0.3) is 0 Å². The molecule has 0 spiro atoms. The number of nitrogens with one attached hydrogen (secondary N) is 1. The van der Waals surface area contributed by atoms with Gasteiger partial charge in [-0.1, -0.05) is 25.1 Å². The molecule has 6 nitrogen and oxygen atoms in total. The van der Waals surface area contributed by atoms with Crippen LogP contribution >= 0.6 is 0 Å². The molecule has 2 amide bonds. The molecule has 29 heavy (non-hydrogen) atoms. The molecule has 0 bridgehead atoms. The lowest BCUT2D eigenvalue weighted by Crippen LogP contribution is -2.48. The van der Waals surface area contributed by atoms with Gasteiger partial charge in [0.25, 0.3) is 0 Å². The zero-order valence-electron chi connectivity index (χ0n) is 17.2. The van der Waals surface area contributed by atoms with E-state index in [2.05, 4.69) is 17.1 Å². The molecule has 154 valence electrons. The van der Waals surface area contributed by atoms with Crippen LogP contribution in [-0.2, 0) is 6.54 Å². The van der Waals surface area contributed by atoms with Gasteiger partial charge in [0.05, 0.1) is 0 Å². The highest BCUT2D eigenvalue weighted by Crippen LogP contribution is 2.33. The summed E-state index contributed by atoms with van der Waals surface area (Å²) in [6, 6.07) is 14.0. The minimum atomic E-state index is -0.0526. The molecule has 2 aliphatic heterocycles. The van der Waals surface area contributed by atoms with Crippen molar-refractivity contribution >= 4 is 11.7 Å². The maximum Gasteiger partial charge on any atom is 0.322 e. The summed E-state index contributed by atoms with van der Waals surface area (Å²) in [6.07, 6.45) is 1.97. The van der Waals surface area contributed by atoms with Crippen molar-refractivity contribution in [2.45, 2.75) is 39.3 Å². The summed E-state index contributed by atoms with van der Waals surface area (Å²) in [5.74, 6) is 1.52. The van der Waals surface area contributed by atoms with Crippen LogP contribution in [-0.4, -0.2) is 48.3 Å². The number of carbonyl (C=O) groups excluding carboxylic acids is 1. The predicted octanol–water partition coefficient (Wildman–Crippen LogP) is 4.24. The second kappa shape index (κ2) is 8.74. The number of nitrogens with zero attached hydrogens (tertiary/aromatic N) is 2. The van der Waals surface area contributed by atoms with E-state index in [9.17, 15) is 4.79 Å². The number of rotatable bonds is 5. The summed E-state index contributed by atoms with van der Waals surface area (Å²) in [7, 11) is 0. The Morgan fingerprint density at radius 2 is 1.93 bits per heavy atom. The maximum atomic E-state index is 13.3. The van der Waals surface area contributed by atoms with Crippen molar-refractivity contribution in [3.05, 3.63) is 53.6 Å². The summed E-state index contributed by atoms with van der Waals surface area (Å²) in [5.41, 5.74) is 3.00. The molecule has 1 saturated heterocycles. The molecule has 6 heteroatoms. The molecular formula is C23H29N3O3. The first-order valence-corrected chi connectivity index (χ1v) is 10.4. The maximum absolute atomic E-state index is 13.3. The molecule has 2 aromatic carbocycles. The highest BCUT2D eigenvalue weighted by molar-refractivity contribution is 5.89. The van der Waals surface area contributed by atoms with Gasteiger partial charge in [-0.05, 0) is 61.7 Å². The topological polar surface area (TPSA) is 54.0 Å². The first-order valence-electron chi connectivity index (χ1n) is 10.4. The number of urea groups is 1. The molecule has 0 radical (unpaired) electrons. The minimum absolute atomic E-state index is 0.0526. The standard InChI is InChI=1S/C23H29N3O3/c1-3-25-11-9-20(10-12-25)26(23(27)24-19-6-4-5-17(2)13-19)15-18-7-8-21-22(14-18)29-16-28-21/h4-8,13-14,20H,3,9-12,15-16H2,1-2H3,(H,24,27). The fraction of sp³-hybridized carbons (Fsp3) is 0.435. The molecule has 0 unspecified atom stereocenters. The van der Waals surface area contributed by atoms with Crippen LogP contribution in [0, 0.1) is 6.92 Å². The zero-order chi connectivity index (χ0) is 20.2. The van der Waals surface area contributed by atoms with Crippen LogP contribution in [0.2, 0.25) is 0 Å². The summed E-state index contributed by atoms with van der Waals surface area (Å²) >= 11 is 0. The normalized spacial score (nSPS) is 16.6. The van der Waals surface area contributed by atoms with Gasteiger partial charge in [0.15, 0.2) is 11.5 Å². The van der Waals surface area contributed by atoms with E-state index in [-0.39, 0.29) is 18.9 Å². The van der Waals surface area contributed by atoms with Gasteiger partial charge in [-0.3, -0.25) is 0 Å². The lowest BCUT2D eigenvalue weighted by molar-refractivity contribution is 0.126. The number of aryl methyl sites for hydroxylation is 1. The number of hydrogen-bond donors (Lipinski definition) is 1. The number of carbonyl (C=O) groups is 1. The average molecular weight is 396 g/mol. The first-order chi connectivity index (χ1) is 14.1. The van der Waals surface area contributed by atoms with Gasteiger partial charge in [0.1, 0.15) is 0 Å². The monoisotopic (exact) mass is 395 g/mol. The van der Waals surface area contributed by atoms with Gasteiger partial charge >= 0.3 is 6.03 Å². The summed E-state index contributed by atoms with van der Waals surface area (Å²) in [4.78, 5) is 17.7. The average Bonchev–Trinajstić information content (AvgIpc) is 3.20. The van der Waals surface area contributed by atoms with Crippen LogP contribution in [0.5, 0.6) is 11.5 Å². The van der Waals surface area contributed by atoms with Gasteiger partial charge in [0, 0.05) is 31.4 Å². The van der Waals surface area contributed by atoms with Crippen LogP contribution in [0.1, 0.15) is 30.9 Å². The molecule has 1 fully saturated rings. The number of benzene rings is 2. The Labute approximate surface area is 172 Å². The fourth-order valence-corrected chi connectivity index (χ4v) is 4.07. The molecule has 4 rings (SSSR count). The SMILES string of the molecule is CCN1CCC(N(Cc2ccc3c(c2)OCO3)C(=O)Nc2cccc(C)c2)CC1. The summed E-state index contributed by atoms with van der Waals surface area (Å²) in [6.45, 7) is 8.13. The second-order valence-corrected chi connectivity index (χ2v) is 7.78. The quantitative estimate of drug-likeness (QED) is 0.823. The van der Waals surface area contributed by atoms with E-state index in [1.807, 2.05) is 54.3 Å². The largest absolute Gasteiger partial charge is 0.454 e. The number of fused-ring (bicyclic) bond motifs is 1. The predicted molar refractivity (Wildman–Crippen MR) is 113 cm³/mol. The van der Waals surface area contributed by atoms with Crippen LogP contribution in [0.3, 0.4) is 0 Å². The molecule has 2 aromatic rings. The Hall–Kier alpha value is -2.73. The number of ether oxygens (including phenoxy) is 2. The van der Waals surface area contributed by atoms with Crippen LogP contribution in [0.15, 0.2) is 42.5 Å². The van der Waals surface area contributed by atoms with E-state index in [0.717, 1.165) is 60.8 Å². The highest BCUT2D eigenvalue weighted by atomic mass is 16.7. The Morgan fingerprint density at radius 3 is 2.69 bits per heavy atom. The number of anilines is 1. The van der Waals surface area contributed by atoms with Gasteiger partial charge < -0.3 is 24.6 Å². The Kier molecular flexibility index (Phi) is 5.90. The fourth-order valence-electron chi connectivity index (χ4n) is 4.07. The Bertz CT molecular complexity index is 862. The number of hydrogen-bond acceptors (Lipinski definition) is 4. The Morgan fingerprint density at radius 1 is 1.14 bits per heavy atom. The van der Waals surface area contributed by atoms with E-state index in [1.165, 1.54) is 0 Å². The van der Waals surface area contributed by atoms with Crippen molar-refractivity contribution in [3.8, 4) is 11.5 Å². The van der Waals surface area contributed by atoms with Gasteiger partial charge in [-0.25, -0.2) is 4.79 Å². The third-order valence-electron chi connectivity index (χ3n) is 5.77. The van der Waals surface area contributed by atoms with E-state index >= 15 is 0 Å². The first kappa shape index (κ1) is 19.6. The minimum Gasteiger partial charge on any atom is -0.454 e. The molecule has 0 saturated carbocycles. The van der Waals surface area contributed by atoms with E-state index in [1.54, 1.807) is 0 Å². The lowest BCUT2D eigenvalue weighted by Gasteiger charge is -2.38. The van der Waals surface area contributed by atoms with Crippen molar-refractivity contribution in [3.63, 3.8) is 0 Å². The zero-order valence-corrected chi connectivity index (χ0v) is 17.2. The van der Waals surface area contributed by atoms with Crippen molar-refractivity contribution in [2.75, 3.05) is 31.7 Å². The molecule has 1 N–H and O–H groups in total. The third-order valence-corrected chi connectivity index (χ3v) is 5.77. The van der Waals surface area contributed by atoms with E-state index < -0.39 is 0 Å². The lowest BCUT2D eigenvalue weighted by atomic mass is 10.0. The van der Waals surface area contributed by atoms with Gasteiger partial charge in [-0.15, -0.1) is 0 Å². The van der Waals surface area contributed by atoms with Gasteiger partial charge in [0.2, 0.25) is 6.79 Å². The van der Waals surface area contributed by atoms with E-state index in [0.29, 0.717) is 6.54 Å². The van der Waals surface area contributed by atoms with Crippen LogP contribution in [0.4, 0.5) is 10.5 Å². The number of likely N-dealkylation sites (tertiary alicyclic amines) is 1. The molecule has 0 aromatic heterocycles. The number of piperidine rings is 1. The summed E-state index contributed by atoms with van der Waals surface area (Å²) in [5, 5.41) is 3.10. The molecule has 0 aliphatic carbocycles. The highest BCUT2D eigenvalue weighted by Gasteiger charge is 2.28. The van der Waals surface area contributed by atoms with Crippen LogP contribution < -0.4 is 14.8 Å². The smallest absolute Gasteiger partial charge is 0.322 e. The molecular weight excluding hydrogens is 366 g/mol. The summed E-state index contributed by atoms with van der Waals surface area (Å²) < 4.78 is 10.9. The van der Waals surface area contributed by atoms with E-state index in [4.69, 9.17) is 9.47 Å². The van der Waals surface area contributed by atoms with Crippen molar-refractivity contribution in [2.24, 2.45) is 0 Å². The van der Waals surface area contributed by atoms with Crippen molar-refractivity contribution < 1.29 is 14.3 Å². The van der Waals surface area contributed by atoms with Gasteiger partial charge in [-0.2, -0.15) is 0 Å². The third kappa shape index (κ3) is 4.65. The number of amides is 2.